The maximum atomic E-state index is 12.0. The van der Waals surface area contributed by atoms with Gasteiger partial charge in [0, 0.05) is 23.7 Å². The summed E-state index contributed by atoms with van der Waals surface area (Å²) in [6, 6.07) is 7.82. The van der Waals surface area contributed by atoms with Gasteiger partial charge in [0.25, 0.3) is 0 Å². The quantitative estimate of drug-likeness (QED) is 0.619. The number of carbonyl (C=O) groups is 3. The average Bonchev–Trinajstić information content (AvgIpc) is 3.00. The Kier molecular flexibility index (Phi) is 5.83. The van der Waals surface area contributed by atoms with Crippen LogP contribution in [0.2, 0.25) is 0 Å². The molecule has 0 bridgehead atoms. The number of benzene rings is 1. The number of aromatic nitrogens is 1. The summed E-state index contributed by atoms with van der Waals surface area (Å²) in [5.74, 6) is -1.22. The van der Waals surface area contributed by atoms with Gasteiger partial charge in [0.1, 0.15) is 0 Å². The molecule has 2 rings (SSSR count). The summed E-state index contributed by atoms with van der Waals surface area (Å²) >= 11 is 0. The van der Waals surface area contributed by atoms with E-state index in [0.29, 0.717) is 23.4 Å². The predicted octanol–water partition coefficient (Wildman–Crippen LogP) is 2.76. The van der Waals surface area contributed by atoms with E-state index in [1.165, 1.54) is 6.07 Å². The molecule has 1 aromatic carbocycles. The number of ether oxygens (including phenoxy) is 1. The largest absolute Gasteiger partial charge is 0.451 e. The fraction of sp³-hybridized carbons (Fsp3) is 0.294. The van der Waals surface area contributed by atoms with E-state index in [4.69, 9.17) is 9.26 Å². The number of aryl methyl sites for hydroxylation is 1. The van der Waals surface area contributed by atoms with Crippen LogP contribution in [0.4, 0.5) is 5.69 Å². The summed E-state index contributed by atoms with van der Waals surface area (Å²) in [4.78, 5) is 35.2. The number of amides is 1. The summed E-state index contributed by atoms with van der Waals surface area (Å²) < 4.78 is 9.65. The van der Waals surface area contributed by atoms with Crippen molar-refractivity contribution in [3.05, 3.63) is 47.3 Å². The van der Waals surface area contributed by atoms with Crippen molar-refractivity contribution >= 4 is 23.3 Å². The lowest BCUT2D eigenvalue weighted by molar-refractivity contribution is -0.116. The summed E-state index contributed by atoms with van der Waals surface area (Å²) in [5.41, 5.74) is 1.54. The SMILES string of the molecule is CCCC(=O)Nc1ccc(C(=O)COC(=O)c2cc(C)no2)cc1. The second kappa shape index (κ2) is 8.05. The van der Waals surface area contributed by atoms with E-state index < -0.39 is 12.6 Å². The van der Waals surface area contributed by atoms with Crippen molar-refractivity contribution in [1.29, 1.82) is 0 Å². The van der Waals surface area contributed by atoms with Crippen molar-refractivity contribution in [3.63, 3.8) is 0 Å². The molecule has 0 fully saturated rings. The fourth-order valence-corrected chi connectivity index (χ4v) is 1.94. The number of anilines is 1. The van der Waals surface area contributed by atoms with Gasteiger partial charge in [-0.15, -0.1) is 0 Å². The maximum absolute atomic E-state index is 12.0. The van der Waals surface area contributed by atoms with Crippen LogP contribution in [0.15, 0.2) is 34.9 Å². The minimum atomic E-state index is -0.743. The molecule has 0 saturated carbocycles. The van der Waals surface area contributed by atoms with Crippen molar-refractivity contribution in [2.24, 2.45) is 0 Å². The molecule has 126 valence electrons. The van der Waals surface area contributed by atoms with Crippen molar-refractivity contribution in [1.82, 2.24) is 5.16 Å². The number of hydrogen-bond acceptors (Lipinski definition) is 6. The van der Waals surface area contributed by atoms with Crippen LogP contribution in [0.1, 0.15) is 46.4 Å². The topological polar surface area (TPSA) is 98.5 Å². The van der Waals surface area contributed by atoms with E-state index in [1.807, 2.05) is 6.92 Å². The van der Waals surface area contributed by atoms with Gasteiger partial charge in [0.05, 0.1) is 5.69 Å². The number of nitrogens with one attached hydrogen (secondary N) is 1. The van der Waals surface area contributed by atoms with Crippen LogP contribution in [0.3, 0.4) is 0 Å². The lowest BCUT2D eigenvalue weighted by Crippen LogP contribution is -2.14. The minimum Gasteiger partial charge on any atom is -0.451 e. The van der Waals surface area contributed by atoms with Gasteiger partial charge in [-0.3, -0.25) is 9.59 Å². The van der Waals surface area contributed by atoms with E-state index >= 15 is 0 Å². The molecule has 2 aromatic rings. The highest BCUT2D eigenvalue weighted by atomic mass is 16.6. The van der Waals surface area contributed by atoms with Crippen LogP contribution in [-0.2, 0) is 9.53 Å². The molecular formula is C17H18N2O5. The molecule has 0 aliphatic rings. The molecule has 1 N–H and O–H groups in total. The van der Waals surface area contributed by atoms with Crippen molar-refractivity contribution in [2.45, 2.75) is 26.7 Å². The number of Topliss-reactive ketones (excluding diaryl/α,β-unsaturated/α-hetero) is 1. The summed E-state index contributed by atoms with van der Waals surface area (Å²) in [6.45, 7) is 3.19. The van der Waals surface area contributed by atoms with Crippen LogP contribution < -0.4 is 5.32 Å². The number of esters is 1. The number of rotatable bonds is 7. The van der Waals surface area contributed by atoms with Crippen LogP contribution in [-0.4, -0.2) is 29.4 Å². The fourth-order valence-electron chi connectivity index (χ4n) is 1.94. The molecule has 7 nitrogen and oxygen atoms in total. The number of ketones is 1. The summed E-state index contributed by atoms with van der Waals surface area (Å²) in [7, 11) is 0. The average molecular weight is 330 g/mol. The number of hydrogen-bond donors (Lipinski definition) is 1. The molecule has 7 heteroatoms. The van der Waals surface area contributed by atoms with Gasteiger partial charge < -0.3 is 14.6 Å². The van der Waals surface area contributed by atoms with Crippen LogP contribution >= 0.6 is 0 Å². The highest BCUT2D eigenvalue weighted by molar-refractivity contribution is 5.99. The van der Waals surface area contributed by atoms with Crippen LogP contribution in [0.5, 0.6) is 0 Å². The molecule has 0 saturated heterocycles. The molecule has 0 unspecified atom stereocenters. The standard InChI is InChI=1S/C17H18N2O5/c1-3-4-16(21)18-13-7-5-12(6-8-13)14(20)10-23-17(22)15-9-11(2)19-24-15/h5-9H,3-4,10H2,1-2H3,(H,18,21). The highest BCUT2D eigenvalue weighted by Gasteiger charge is 2.16. The third-order valence-electron chi connectivity index (χ3n) is 3.13. The van der Waals surface area contributed by atoms with Gasteiger partial charge in [-0.1, -0.05) is 12.1 Å². The Labute approximate surface area is 139 Å². The van der Waals surface area contributed by atoms with Crippen molar-refractivity contribution in [2.75, 3.05) is 11.9 Å². The molecule has 1 amide bonds. The van der Waals surface area contributed by atoms with Crippen molar-refractivity contribution < 1.29 is 23.6 Å². The van der Waals surface area contributed by atoms with E-state index in [1.54, 1.807) is 31.2 Å². The Balaban J connectivity index is 1.88. The first kappa shape index (κ1) is 17.4. The van der Waals surface area contributed by atoms with Crippen LogP contribution in [0, 0.1) is 6.92 Å². The molecule has 0 spiro atoms. The zero-order valence-electron chi connectivity index (χ0n) is 13.5. The Bertz CT molecular complexity index is 734. The van der Waals surface area contributed by atoms with Crippen LogP contribution in [0.25, 0.3) is 0 Å². The van der Waals surface area contributed by atoms with E-state index in [0.717, 1.165) is 6.42 Å². The first-order valence-corrected chi connectivity index (χ1v) is 7.53. The molecule has 0 aliphatic carbocycles. The van der Waals surface area contributed by atoms with Gasteiger partial charge in [-0.05, 0) is 37.6 Å². The maximum Gasteiger partial charge on any atom is 0.377 e. The molecule has 1 aromatic heterocycles. The van der Waals surface area contributed by atoms with Crippen molar-refractivity contribution in [3.8, 4) is 0 Å². The first-order chi connectivity index (χ1) is 11.5. The molecule has 0 atom stereocenters. The lowest BCUT2D eigenvalue weighted by Gasteiger charge is -2.06. The number of carbonyl (C=O) groups excluding carboxylic acids is 3. The molecule has 0 radical (unpaired) electrons. The van der Waals surface area contributed by atoms with E-state index in [2.05, 4.69) is 10.5 Å². The first-order valence-electron chi connectivity index (χ1n) is 7.53. The van der Waals surface area contributed by atoms with Gasteiger partial charge in [-0.25, -0.2) is 4.79 Å². The third kappa shape index (κ3) is 4.77. The normalized spacial score (nSPS) is 10.2. The Morgan fingerprint density at radius 3 is 2.50 bits per heavy atom. The third-order valence-corrected chi connectivity index (χ3v) is 3.13. The molecular weight excluding hydrogens is 312 g/mol. The monoisotopic (exact) mass is 330 g/mol. The Morgan fingerprint density at radius 1 is 1.21 bits per heavy atom. The summed E-state index contributed by atoms with van der Waals surface area (Å²) in [6.07, 6.45) is 1.20. The van der Waals surface area contributed by atoms with Gasteiger partial charge >= 0.3 is 5.97 Å². The number of nitrogens with zero attached hydrogens (tertiary/aromatic N) is 1. The van der Waals surface area contributed by atoms with Gasteiger partial charge in [0.15, 0.2) is 12.4 Å². The van der Waals surface area contributed by atoms with Gasteiger partial charge in [0.2, 0.25) is 11.7 Å². The minimum absolute atomic E-state index is 0.0470. The smallest absolute Gasteiger partial charge is 0.377 e. The highest BCUT2D eigenvalue weighted by Crippen LogP contribution is 2.11. The molecule has 24 heavy (non-hydrogen) atoms. The molecule has 1 heterocycles. The molecule has 0 aliphatic heterocycles. The van der Waals surface area contributed by atoms with Gasteiger partial charge in [-0.2, -0.15) is 0 Å². The predicted molar refractivity (Wildman–Crippen MR) is 85.8 cm³/mol. The van der Waals surface area contributed by atoms with E-state index in [9.17, 15) is 14.4 Å². The Morgan fingerprint density at radius 2 is 1.92 bits per heavy atom. The zero-order chi connectivity index (χ0) is 17.5. The lowest BCUT2D eigenvalue weighted by atomic mass is 10.1. The Hall–Kier alpha value is -2.96. The summed E-state index contributed by atoms with van der Waals surface area (Å²) in [5, 5.41) is 6.30. The second-order valence-electron chi connectivity index (χ2n) is 5.21. The second-order valence-corrected chi connectivity index (χ2v) is 5.21. The van der Waals surface area contributed by atoms with E-state index in [-0.39, 0.29) is 17.5 Å². The zero-order valence-corrected chi connectivity index (χ0v) is 13.5.